The summed E-state index contributed by atoms with van der Waals surface area (Å²) in [6, 6.07) is -0.459. The average molecular weight is 237 g/mol. The van der Waals surface area contributed by atoms with Gasteiger partial charge in [0, 0.05) is 17.8 Å². The van der Waals surface area contributed by atoms with Gasteiger partial charge in [-0.15, -0.1) is 0 Å². The molecule has 1 aliphatic carbocycles. The van der Waals surface area contributed by atoms with Crippen LogP contribution in [-0.4, -0.2) is 32.2 Å². The minimum atomic E-state index is -3.39. The summed E-state index contributed by atoms with van der Waals surface area (Å²) in [5.74, 6) is 0.135. The van der Waals surface area contributed by atoms with Crippen molar-refractivity contribution in [2.24, 2.45) is 5.92 Å². The lowest BCUT2D eigenvalue weighted by Crippen LogP contribution is -2.28. The summed E-state index contributed by atoms with van der Waals surface area (Å²) in [7, 11) is -3.39. The van der Waals surface area contributed by atoms with E-state index < -0.39 is 16.2 Å². The van der Waals surface area contributed by atoms with Crippen molar-refractivity contribution in [3.8, 4) is 0 Å². The quantitative estimate of drug-likeness (QED) is 0.410. The molecule has 0 saturated heterocycles. The lowest BCUT2D eigenvalue weighted by atomic mass is 9.87. The Morgan fingerprint density at radius 1 is 1.33 bits per heavy atom. The fourth-order valence-corrected chi connectivity index (χ4v) is 2.18. The van der Waals surface area contributed by atoms with Gasteiger partial charge >= 0.3 is 0 Å². The highest BCUT2D eigenvalue weighted by molar-refractivity contribution is 7.85. The number of hydrogen-bond acceptors (Lipinski definition) is 5. The summed E-state index contributed by atoms with van der Waals surface area (Å²) < 4.78 is 26.1. The molecule has 0 aromatic rings. The minimum absolute atomic E-state index is 0.135. The summed E-state index contributed by atoms with van der Waals surface area (Å²) >= 11 is 0. The Kier molecular flexibility index (Phi) is 4.04. The lowest BCUT2D eigenvalue weighted by Gasteiger charge is -2.23. The fourth-order valence-electron chi connectivity index (χ4n) is 1.74. The largest absolute Gasteiger partial charge is 0.270 e. The second kappa shape index (κ2) is 4.89. The highest BCUT2D eigenvalue weighted by Crippen LogP contribution is 2.26. The van der Waals surface area contributed by atoms with Crippen molar-refractivity contribution in [2.45, 2.75) is 31.7 Å². The number of nitrogens with zero attached hydrogens (tertiary/aromatic N) is 1. The topological polar surface area (TPSA) is 86.5 Å². The van der Waals surface area contributed by atoms with Crippen molar-refractivity contribution in [3.05, 3.63) is 10.1 Å². The molecule has 0 spiro atoms. The van der Waals surface area contributed by atoms with E-state index in [-0.39, 0.29) is 17.4 Å². The van der Waals surface area contributed by atoms with E-state index in [0.717, 1.165) is 6.26 Å². The molecule has 0 amide bonds. The maximum atomic E-state index is 10.7. The monoisotopic (exact) mass is 237 g/mol. The molecule has 1 saturated carbocycles. The van der Waals surface area contributed by atoms with Crippen LogP contribution in [0.15, 0.2) is 0 Å². The van der Waals surface area contributed by atoms with E-state index >= 15 is 0 Å². The highest BCUT2D eigenvalue weighted by atomic mass is 32.2. The Labute approximate surface area is 88.9 Å². The molecule has 0 aromatic carbocycles. The smallest absolute Gasteiger partial charge is 0.264 e. The van der Waals surface area contributed by atoms with Crippen molar-refractivity contribution >= 4 is 10.1 Å². The van der Waals surface area contributed by atoms with Gasteiger partial charge in [0.15, 0.2) is 0 Å². The standard InChI is InChI=1S/C8H15NO5S/c1-15(12,13)14-6-7-2-4-8(5-3-7)9(10)11/h7-8H,2-6H2,1H3. The fraction of sp³-hybridized carbons (Fsp3) is 1.00. The first-order valence-electron chi connectivity index (χ1n) is 4.86. The average Bonchev–Trinajstić information content (AvgIpc) is 2.14. The van der Waals surface area contributed by atoms with Crippen LogP contribution in [0.4, 0.5) is 0 Å². The van der Waals surface area contributed by atoms with Gasteiger partial charge in [0.05, 0.1) is 12.9 Å². The molecular weight excluding hydrogens is 222 g/mol. The Bertz CT molecular complexity index is 318. The van der Waals surface area contributed by atoms with Crippen LogP contribution in [0.25, 0.3) is 0 Å². The SMILES string of the molecule is CS(=O)(=O)OCC1CCC([N+](=O)[O-])CC1. The zero-order valence-corrected chi connectivity index (χ0v) is 9.40. The van der Waals surface area contributed by atoms with E-state index in [1.54, 1.807) is 0 Å². The molecule has 0 aliphatic heterocycles. The Morgan fingerprint density at radius 2 is 1.87 bits per heavy atom. The van der Waals surface area contributed by atoms with Gasteiger partial charge in [0.2, 0.25) is 6.04 Å². The third kappa shape index (κ3) is 4.57. The molecule has 0 radical (unpaired) electrons. The van der Waals surface area contributed by atoms with Crippen LogP contribution >= 0.6 is 0 Å². The zero-order chi connectivity index (χ0) is 11.5. The highest BCUT2D eigenvalue weighted by Gasteiger charge is 2.28. The Balaban J connectivity index is 2.29. The van der Waals surface area contributed by atoms with Gasteiger partial charge in [0.25, 0.3) is 10.1 Å². The summed E-state index contributed by atoms with van der Waals surface area (Å²) in [4.78, 5) is 10.2. The first-order chi connectivity index (χ1) is 6.88. The predicted molar refractivity (Wildman–Crippen MR) is 53.5 cm³/mol. The number of nitro groups is 1. The van der Waals surface area contributed by atoms with E-state index in [2.05, 4.69) is 4.18 Å². The molecular formula is C8H15NO5S. The first-order valence-corrected chi connectivity index (χ1v) is 6.68. The van der Waals surface area contributed by atoms with E-state index in [0.29, 0.717) is 25.7 Å². The molecule has 7 heteroatoms. The van der Waals surface area contributed by atoms with Crippen LogP contribution in [0.3, 0.4) is 0 Å². The molecule has 6 nitrogen and oxygen atoms in total. The normalized spacial score (nSPS) is 27.5. The van der Waals surface area contributed by atoms with E-state index in [1.807, 2.05) is 0 Å². The van der Waals surface area contributed by atoms with Crippen molar-refractivity contribution in [1.82, 2.24) is 0 Å². The number of rotatable bonds is 4. The van der Waals surface area contributed by atoms with Gasteiger partial charge in [-0.1, -0.05) is 0 Å². The second-order valence-electron chi connectivity index (χ2n) is 3.95. The summed E-state index contributed by atoms with van der Waals surface area (Å²) in [6.07, 6.45) is 3.38. The van der Waals surface area contributed by atoms with Crippen LogP contribution in [0.1, 0.15) is 25.7 Å². The van der Waals surface area contributed by atoms with Crippen LogP contribution in [0, 0.1) is 16.0 Å². The van der Waals surface area contributed by atoms with Crippen LogP contribution in [0.5, 0.6) is 0 Å². The van der Waals surface area contributed by atoms with Crippen LogP contribution < -0.4 is 0 Å². The van der Waals surface area contributed by atoms with Gasteiger partial charge in [-0.05, 0) is 18.8 Å². The molecule has 0 bridgehead atoms. The molecule has 0 aromatic heterocycles. The third-order valence-corrected chi connectivity index (χ3v) is 3.20. The lowest BCUT2D eigenvalue weighted by molar-refractivity contribution is -0.527. The Hall–Kier alpha value is -0.690. The third-order valence-electron chi connectivity index (χ3n) is 2.63. The second-order valence-corrected chi connectivity index (χ2v) is 5.59. The molecule has 1 rings (SSSR count). The molecule has 0 heterocycles. The molecule has 88 valence electrons. The summed E-state index contributed by atoms with van der Waals surface area (Å²) in [5, 5.41) is 10.5. The van der Waals surface area contributed by atoms with Crippen LogP contribution in [0.2, 0.25) is 0 Å². The van der Waals surface area contributed by atoms with E-state index in [1.165, 1.54) is 0 Å². The molecule has 0 unspecified atom stereocenters. The number of hydrogen-bond donors (Lipinski definition) is 0. The van der Waals surface area contributed by atoms with E-state index in [4.69, 9.17) is 0 Å². The van der Waals surface area contributed by atoms with Crippen molar-refractivity contribution in [2.75, 3.05) is 12.9 Å². The van der Waals surface area contributed by atoms with E-state index in [9.17, 15) is 18.5 Å². The molecule has 0 atom stereocenters. The maximum absolute atomic E-state index is 10.7. The van der Waals surface area contributed by atoms with Crippen molar-refractivity contribution < 1.29 is 17.5 Å². The van der Waals surface area contributed by atoms with Gasteiger partial charge in [-0.3, -0.25) is 14.3 Å². The minimum Gasteiger partial charge on any atom is -0.270 e. The molecule has 15 heavy (non-hydrogen) atoms. The van der Waals surface area contributed by atoms with Crippen LogP contribution in [-0.2, 0) is 14.3 Å². The van der Waals surface area contributed by atoms with Crippen molar-refractivity contribution in [1.29, 1.82) is 0 Å². The molecule has 1 fully saturated rings. The molecule has 0 N–H and O–H groups in total. The Morgan fingerprint density at radius 3 is 2.27 bits per heavy atom. The van der Waals surface area contributed by atoms with Gasteiger partial charge < -0.3 is 0 Å². The predicted octanol–water partition coefficient (Wildman–Crippen LogP) is 0.798. The van der Waals surface area contributed by atoms with Gasteiger partial charge in [-0.25, -0.2) is 0 Å². The summed E-state index contributed by atoms with van der Waals surface area (Å²) in [6.45, 7) is 0.156. The zero-order valence-electron chi connectivity index (χ0n) is 8.59. The molecule has 1 aliphatic rings. The first kappa shape index (κ1) is 12.4. The maximum Gasteiger partial charge on any atom is 0.264 e. The van der Waals surface area contributed by atoms with Gasteiger partial charge in [0.1, 0.15) is 0 Å². The van der Waals surface area contributed by atoms with Gasteiger partial charge in [-0.2, -0.15) is 8.42 Å². The summed E-state index contributed by atoms with van der Waals surface area (Å²) in [5.41, 5.74) is 0. The van der Waals surface area contributed by atoms with Crippen molar-refractivity contribution in [3.63, 3.8) is 0 Å².